The van der Waals surface area contributed by atoms with Crippen LogP contribution in [0, 0.1) is 5.92 Å². The smallest absolute Gasteiger partial charge is 0.354 e. The first-order chi connectivity index (χ1) is 12.4. The molecule has 1 amide bonds. The molecule has 1 aliphatic heterocycles. The minimum Gasteiger partial charge on any atom is -0.354 e. The van der Waals surface area contributed by atoms with Gasteiger partial charge in [-0.15, -0.1) is 0 Å². The van der Waals surface area contributed by atoms with Gasteiger partial charge in [-0.2, -0.15) is 13.2 Å². The van der Waals surface area contributed by atoms with Gasteiger partial charge in [0.2, 0.25) is 5.91 Å². The van der Waals surface area contributed by atoms with Crippen molar-refractivity contribution in [2.24, 2.45) is 5.92 Å². The van der Waals surface area contributed by atoms with Crippen molar-refractivity contribution in [2.45, 2.75) is 38.9 Å². The molecule has 146 valence electrons. The first-order valence-electron chi connectivity index (χ1n) is 9.26. The normalized spacial score (nSPS) is 19.4. The zero-order chi connectivity index (χ0) is 19.2. The Morgan fingerprint density at radius 2 is 1.92 bits per heavy atom. The van der Waals surface area contributed by atoms with Gasteiger partial charge >= 0.3 is 6.18 Å². The quantitative estimate of drug-likeness (QED) is 0.774. The molecule has 0 aromatic heterocycles. The van der Waals surface area contributed by atoms with Gasteiger partial charge in [0, 0.05) is 13.1 Å². The SMILES string of the molecule is CCN(CC)C(CNC(=O)C1CCCNC1)c1ccc(C(F)(F)F)cc1. The van der Waals surface area contributed by atoms with Gasteiger partial charge < -0.3 is 10.6 Å². The van der Waals surface area contributed by atoms with Gasteiger partial charge in [0.15, 0.2) is 0 Å². The highest BCUT2D eigenvalue weighted by Crippen LogP contribution is 2.30. The van der Waals surface area contributed by atoms with Gasteiger partial charge in [0.1, 0.15) is 0 Å². The molecular formula is C19H28F3N3O. The number of nitrogens with zero attached hydrogens (tertiary/aromatic N) is 1. The lowest BCUT2D eigenvalue weighted by Crippen LogP contribution is -2.44. The third-order valence-electron chi connectivity index (χ3n) is 5.01. The van der Waals surface area contributed by atoms with Crippen molar-refractivity contribution in [2.75, 3.05) is 32.7 Å². The number of carbonyl (C=O) groups excluding carboxylic acids is 1. The summed E-state index contributed by atoms with van der Waals surface area (Å²) in [4.78, 5) is 14.5. The minimum absolute atomic E-state index is 0.0151. The zero-order valence-electron chi connectivity index (χ0n) is 15.4. The van der Waals surface area contributed by atoms with E-state index in [1.54, 1.807) is 0 Å². The molecule has 0 bridgehead atoms. The summed E-state index contributed by atoms with van der Waals surface area (Å²) in [7, 11) is 0. The van der Waals surface area contributed by atoms with Gasteiger partial charge in [-0.05, 0) is 50.2 Å². The molecule has 2 rings (SSSR count). The Labute approximate surface area is 153 Å². The molecule has 1 heterocycles. The van der Waals surface area contributed by atoms with E-state index in [-0.39, 0.29) is 17.9 Å². The molecule has 1 aromatic carbocycles. The molecule has 4 nitrogen and oxygen atoms in total. The number of hydrogen-bond donors (Lipinski definition) is 2. The number of hydrogen-bond acceptors (Lipinski definition) is 3. The Balaban J connectivity index is 2.09. The van der Waals surface area contributed by atoms with Crippen LogP contribution in [0.4, 0.5) is 13.2 Å². The molecule has 0 radical (unpaired) electrons. The maximum Gasteiger partial charge on any atom is 0.416 e. The van der Waals surface area contributed by atoms with Crippen LogP contribution in [0.2, 0.25) is 0 Å². The summed E-state index contributed by atoms with van der Waals surface area (Å²) < 4.78 is 38.4. The second-order valence-electron chi connectivity index (χ2n) is 6.65. The molecule has 0 aliphatic carbocycles. The van der Waals surface area contributed by atoms with Crippen LogP contribution in [-0.2, 0) is 11.0 Å². The lowest BCUT2D eigenvalue weighted by molar-refractivity contribution is -0.137. The highest BCUT2D eigenvalue weighted by atomic mass is 19.4. The van der Waals surface area contributed by atoms with Gasteiger partial charge in [0.05, 0.1) is 17.5 Å². The molecule has 1 aliphatic rings. The van der Waals surface area contributed by atoms with Gasteiger partial charge in [-0.25, -0.2) is 0 Å². The van der Waals surface area contributed by atoms with Gasteiger partial charge in [-0.1, -0.05) is 26.0 Å². The molecule has 2 atom stereocenters. The predicted octanol–water partition coefficient (Wildman–Crippen LogP) is 3.20. The van der Waals surface area contributed by atoms with E-state index in [0.29, 0.717) is 13.1 Å². The lowest BCUT2D eigenvalue weighted by atomic mass is 9.98. The standard InChI is InChI=1S/C19H28F3N3O/c1-3-25(4-2)17(13-24-18(26)15-6-5-11-23-12-15)14-7-9-16(10-8-14)19(20,21)22/h7-10,15,17,23H,3-6,11-13H2,1-2H3,(H,24,26). The second-order valence-corrected chi connectivity index (χ2v) is 6.65. The summed E-state index contributed by atoms with van der Waals surface area (Å²) in [6.45, 7) is 7.54. The maximum atomic E-state index is 12.8. The van der Waals surface area contributed by atoms with E-state index in [1.165, 1.54) is 12.1 Å². The largest absolute Gasteiger partial charge is 0.416 e. The summed E-state index contributed by atoms with van der Waals surface area (Å²) >= 11 is 0. The van der Waals surface area contributed by atoms with E-state index < -0.39 is 11.7 Å². The van der Waals surface area contributed by atoms with Crippen LogP contribution in [-0.4, -0.2) is 43.5 Å². The summed E-state index contributed by atoms with van der Waals surface area (Å²) in [6, 6.07) is 5.10. The van der Waals surface area contributed by atoms with Crippen LogP contribution in [0.3, 0.4) is 0 Å². The van der Waals surface area contributed by atoms with E-state index >= 15 is 0 Å². The number of rotatable bonds is 7. The van der Waals surface area contributed by atoms with E-state index in [2.05, 4.69) is 15.5 Å². The first kappa shape index (κ1) is 20.7. The number of halogens is 3. The van der Waals surface area contributed by atoms with Crippen molar-refractivity contribution in [1.29, 1.82) is 0 Å². The summed E-state index contributed by atoms with van der Waals surface area (Å²) in [5.41, 5.74) is 0.126. The van der Waals surface area contributed by atoms with Crippen molar-refractivity contribution in [3.63, 3.8) is 0 Å². The van der Waals surface area contributed by atoms with Crippen LogP contribution < -0.4 is 10.6 Å². The maximum absolute atomic E-state index is 12.8. The fourth-order valence-electron chi connectivity index (χ4n) is 3.43. The topological polar surface area (TPSA) is 44.4 Å². The van der Waals surface area contributed by atoms with Crippen LogP contribution >= 0.6 is 0 Å². The van der Waals surface area contributed by atoms with E-state index in [4.69, 9.17) is 0 Å². The average molecular weight is 371 g/mol. The lowest BCUT2D eigenvalue weighted by Gasteiger charge is -2.31. The monoisotopic (exact) mass is 371 g/mol. The van der Waals surface area contributed by atoms with Crippen molar-refractivity contribution < 1.29 is 18.0 Å². The van der Waals surface area contributed by atoms with Crippen molar-refractivity contribution in [1.82, 2.24) is 15.5 Å². The number of benzene rings is 1. The van der Waals surface area contributed by atoms with Crippen LogP contribution in [0.1, 0.15) is 43.9 Å². The van der Waals surface area contributed by atoms with Crippen LogP contribution in [0.15, 0.2) is 24.3 Å². The number of amides is 1. The van der Waals surface area contributed by atoms with Gasteiger partial charge in [-0.3, -0.25) is 9.69 Å². The molecule has 2 N–H and O–H groups in total. The number of likely N-dealkylation sites (N-methyl/N-ethyl adjacent to an activating group) is 1. The summed E-state index contributed by atoms with van der Waals surface area (Å²) in [5.74, 6) is -0.0185. The second kappa shape index (κ2) is 9.37. The Morgan fingerprint density at radius 1 is 1.27 bits per heavy atom. The Hall–Kier alpha value is -1.60. The first-order valence-corrected chi connectivity index (χ1v) is 9.26. The number of alkyl halides is 3. The molecule has 1 aromatic rings. The van der Waals surface area contributed by atoms with Crippen molar-refractivity contribution >= 4 is 5.91 Å². The highest BCUT2D eigenvalue weighted by molar-refractivity contribution is 5.79. The number of carbonyl (C=O) groups is 1. The average Bonchev–Trinajstić information content (AvgIpc) is 2.65. The van der Waals surface area contributed by atoms with E-state index in [1.807, 2.05) is 13.8 Å². The molecular weight excluding hydrogens is 343 g/mol. The van der Waals surface area contributed by atoms with Crippen LogP contribution in [0.5, 0.6) is 0 Å². The van der Waals surface area contributed by atoms with E-state index in [9.17, 15) is 18.0 Å². The third kappa shape index (κ3) is 5.45. The van der Waals surface area contributed by atoms with Gasteiger partial charge in [0.25, 0.3) is 0 Å². The minimum atomic E-state index is -4.34. The van der Waals surface area contributed by atoms with Crippen molar-refractivity contribution in [3.05, 3.63) is 35.4 Å². The molecule has 0 spiro atoms. The van der Waals surface area contributed by atoms with Crippen molar-refractivity contribution in [3.8, 4) is 0 Å². The summed E-state index contributed by atoms with van der Waals surface area (Å²) in [6.07, 6.45) is -2.49. The predicted molar refractivity (Wildman–Crippen MR) is 95.7 cm³/mol. The molecule has 0 saturated carbocycles. The van der Waals surface area contributed by atoms with Crippen LogP contribution in [0.25, 0.3) is 0 Å². The Bertz CT molecular complexity index is 564. The summed E-state index contributed by atoms with van der Waals surface area (Å²) in [5, 5.41) is 6.22. The molecule has 1 fully saturated rings. The number of piperidine rings is 1. The zero-order valence-corrected chi connectivity index (χ0v) is 15.4. The number of nitrogens with one attached hydrogen (secondary N) is 2. The fraction of sp³-hybridized carbons (Fsp3) is 0.632. The Kier molecular flexibility index (Phi) is 7.46. The third-order valence-corrected chi connectivity index (χ3v) is 5.01. The molecule has 1 saturated heterocycles. The molecule has 7 heteroatoms. The molecule has 26 heavy (non-hydrogen) atoms. The molecule has 2 unspecified atom stereocenters. The Morgan fingerprint density at radius 3 is 2.42 bits per heavy atom. The highest BCUT2D eigenvalue weighted by Gasteiger charge is 2.31. The fourth-order valence-corrected chi connectivity index (χ4v) is 3.43. The van der Waals surface area contributed by atoms with E-state index in [0.717, 1.165) is 50.2 Å².